The van der Waals surface area contributed by atoms with Gasteiger partial charge in [0.1, 0.15) is 18.1 Å². The Morgan fingerprint density at radius 2 is 1.86 bits per heavy atom. The van der Waals surface area contributed by atoms with E-state index in [9.17, 15) is 5.11 Å². The standard InChI is InChI=1S/C17H19BrO3/c1-11-4-6-17(15(8-11)12(2)19)21-10-13-9-14(18)5-7-16(13)20-3/h4-9,12,19H,10H2,1-3H3/t12-/m1/s1. The van der Waals surface area contributed by atoms with E-state index < -0.39 is 6.10 Å². The Morgan fingerprint density at radius 3 is 2.52 bits per heavy atom. The van der Waals surface area contributed by atoms with Crippen LogP contribution in [0.5, 0.6) is 11.5 Å². The summed E-state index contributed by atoms with van der Waals surface area (Å²) in [5, 5.41) is 9.86. The molecular formula is C17H19BrO3. The van der Waals surface area contributed by atoms with Crippen LogP contribution in [0.2, 0.25) is 0 Å². The number of benzene rings is 2. The molecule has 0 aliphatic carbocycles. The maximum absolute atomic E-state index is 9.86. The molecule has 0 radical (unpaired) electrons. The topological polar surface area (TPSA) is 38.7 Å². The van der Waals surface area contributed by atoms with Gasteiger partial charge in [0.25, 0.3) is 0 Å². The van der Waals surface area contributed by atoms with Crippen molar-refractivity contribution in [3.63, 3.8) is 0 Å². The van der Waals surface area contributed by atoms with Gasteiger partial charge in [0.2, 0.25) is 0 Å². The van der Waals surface area contributed by atoms with Crippen molar-refractivity contribution in [3.8, 4) is 11.5 Å². The van der Waals surface area contributed by atoms with Crippen LogP contribution in [0.3, 0.4) is 0 Å². The quantitative estimate of drug-likeness (QED) is 0.868. The Kier molecular flexibility index (Phi) is 5.26. The van der Waals surface area contributed by atoms with Crippen LogP contribution in [0.4, 0.5) is 0 Å². The van der Waals surface area contributed by atoms with Gasteiger partial charge in [-0.15, -0.1) is 0 Å². The number of ether oxygens (including phenoxy) is 2. The van der Waals surface area contributed by atoms with E-state index in [0.29, 0.717) is 12.4 Å². The normalized spacial score (nSPS) is 12.0. The van der Waals surface area contributed by atoms with E-state index in [4.69, 9.17) is 9.47 Å². The number of aryl methyl sites for hydroxylation is 1. The highest BCUT2D eigenvalue weighted by atomic mass is 79.9. The zero-order valence-corrected chi connectivity index (χ0v) is 14.0. The van der Waals surface area contributed by atoms with E-state index in [1.807, 2.05) is 43.3 Å². The lowest BCUT2D eigenvalue weighted by Crippen LogP contribution is -2.03. The minimum absolute atomic E-state index is 0.380. The average Bonchev–Trinajstić information content (AvgIpc) is 2.46. The second-order valence-corrected chi connectivity index (χ2v) is 5.88. The van der Waals surface area contributed by atoms with Gasteiger partial charge in [0.15, 0.2) is 0 Å². The number of hydrogen-bond donors (Lipinski definition) is 1. The van der Waals surface area contributed by atoms with E-state index in [1.165, 1.54) is 0 Å². The van der Waals surface area contributed by atoms with Crippen molar-refractivity contribution in [2.24, 2.45) is 0 Å². The molecule has 3 nitrogen and oxygen atoms in total. The lowest BCUT2D eigenvalue weighted by molar-refractivity contribution is 0.189. The van der Waals surface area contributed by atoms with Crippen molar-refractivity contribution < 1.29 is 14.6 Å². The van der Waals surface area contributed by atoms with Gasteiger partial charge in [-0.2, -0.15) is 0 Å². The summed E-state index contributed by atoms with van der Waals surface area (Å²) in [5.74, 6) is 1.47. The number of aliphatic hydroxyl groups is 1. The highest BCUT2D eigenvalue weighted by Crippen LogP contribution is 2.29. The number of aliphatic hydroxyl groups excluding tert-OH is 1. The molecule has 0 fully saturated rings. The third kappa shape index (κ3) is 3.99. The Balaban J connectivity index is 2.22. The zero-order valence-electron chi connectivity index (χ0n) is 12.4. The molecule has 2 rings (SSSR count). The Hall–Kier alpha value is -1.52. The molecule has 1 N–H and O–H groups in total. The van der Waals surface area contributed by atoms with Crippen LogP contribution >= 0.6 is 15.9 Å². The van der Waals surface area contributed by atoms with Gasteiger partial charge < -0.3 is 14.6 Å². The Morgan fingerprint density at radius 1 is 1.14 bits per heavy atom. The van der Waals surface area contributed by atoms with Crippen molar-refractivity contribution in [2.75, 3.05) is 7.11 Å². The summed E-state index contributed by atoms with van der Waals surface area (Å²) in [6.45, 7) is 4.11. The van der Waals surface area contributed by atoms with Crippen molar-refractivity contribution in [1.29, 1.82) is 0 Å². The average molecular weight is 351 g/mol. The third-order valence-electron chi connectivity index (χ3n) is 3.24. The summed E-state index contributed by atoms with van der Waals surface area (Å²) in [4.78, 5) is 0. The molecule has 0 amide bonds. The van der Waals surface area contributed by atoms with Gasteiger partial charge >= 0.3 is 0 Å². The van der Waals surface area contributed by atoms with Crippen molar-refractivity contribution in [2.45, 2.75) is 26.6 Å². The molecule has 1 atom stereocenters. The molecule has 2 aromatic rings. The van der Waals surface area contributed by atoms with E-state index >= 15 is 0 Å². The van der Waals surface area contributed by atoms with Crippen LogP contribution in [-0.4, -0.2) is 12.2 Å². The molecule has 0 aliphatic heterocycles. The highest BCUT2D eigenvalue weighted by Gasteiger charge is 2.11. The van der Waals surface area contributed by atoms with E-state index in [1.54, 1.807) is 14.0 Å². The molecule has 0 saturated heterocycles. The molecule has 0 spiro atoms. The SMILES string of the molecule is COc1ccc(Br)cc1COc1ccc(C)cc1[C@@H](C)O. The summed E-state index contributed by atoms with van der Waals surface area (Å²) in [6.07, 6.45) is -0.565. The first-order valence-corrected chi connectivity index (χ1v) is 7.54. The predicted octanol–water partition coefficient (Wildman–Crippen LogP) is 4.40. The van der Waals surface area contributed by atoms with Crippen molar-refractivity contribution in [3.05, 3.63) is 57.6 Å². The van der Waals surface area contributed by atoms with Crippen LogP contribution in [0.25, 0.3) is 0 Å². The Bertz CT molecular complexity index is 623. The maximum atomic E-state index is 9.86. The molecule has 0 saturated carbocycles. The summed E-state index contributed by atoms with van der Waals surface area (Å²) >= 11 is 3.45. The predicted molar refractivity (Wildman–Crippen MR) is 86.8 cm³/mol. The molecular weight excluding hydrogens is 332 g/mol. The fourth-order valence-electron chi connectivity index (χ4n) is 2.14. The van der Waals surface area contributed by atoms with Crippen LogP contribution in [0.1, 0.15) is 29.7 Å². The van der Waals surface area contributed by atoms with E-state index in [-0.39, 0.29) is 0 Å². The van der Waals surface area contributed by atoms with Crippen molar-refractivity contribution in [1.82, 2.24) is 0 Å². The van der Waals surface area contributed by atoms with E-state index in [2.05, 4.69) is 15.9 Å². The minimum Gasteiger partial charge on any atom is -0.496 e. The molecule has 0 aliphatic rings. The molecule has 0 unspecified atom stereocenters. The largest absolute Gasteiger partial charge is 0.496 e. The first kappa shape index (κ1) is 15.9. The lowest BCUT2D eigenvalue weighted by Gasteiger charge is -2.15. The van der Waals surface area contributed by atoms with Gasteiger partial charge in [-0.3, -0.25) is 0 Å². The smallest absolute Gasteiger partial charge is 0.125 e. The minimum atomic E-state index is -0.565. The summed E-state index contributed by atoms with van der Waals surface area (Å²) in [6, 6.07) is 11.6. The van der Waals surface area contributed by atoms with Gasteiger partial charge in [0.05, 0.1) is 13.2 Å². The van der Waals surface area contributed by atoms with Gasteiger partial charge in [-0.25, -0.2) is 0 Å². The lowest BCUT2D eigenvalue weighted by atomic mass is 10.1. The fraction of sp³-hybridized carbons (Fsp3) is 0.294. The van der Waals surface area contributed by atoms with Gasteiger partial charge in [-0.05, 0) is 44.2 Å². The number of rotatable bonds is 5. The van der Waals surface area contributed by atoms with E-state index in [0.717, 1.165) is 26.9 Å². The molecule has 4 heteroatoms. The Labute approximate surface area is 133 Å². The van der Waals surface area contributed by atoms with Crippen LogP contribution in [0, 0.1) is 6.92 Å². The first-order chi connectivity index (χ1) is 10.0. The summed E-state index contributed by atoms with van der Waals surface area (Å²) in [5.41, 5.74) is 2.84. The third-order valence-corrected chi connectivity index (χ3v) is 3.73. The zero-order chi connectivity index (χ0) is 15.4. The monoisotopic (exact) mass is 350 g/mol. The molecule has 2 aromatic carbocycles. The van der Waals surface area contributed by atoms with Crippen molar-refractivity contribution >= 4 is 15.9 Å². The summed E-state index contributed by atoms with van der Waals surface area (Å²) in [7, 11) is 1.64. The molecule has 0 aromatic heterocycles. The van der Waals surface area contributed by atoms with Crippen LogP contribution in [-0.2, 0) is 6.61 Å². The molecule has 0 heterocycles. The molecule has 21 heavy (non-hydrogen) atoms. The fourth-order valence-corrected chi connectivity index (χ4v) is 2.55. The molecule has 0 bridgehead atoms. The number of methoxy groups -OCH3 is 1. The van der Waals surface area contributed by atoms with Gasteiger partial charge in [0, 0.05) is 15.6 Å². The number of hydrogen-bond acceptors (Lipinski definition) is 3. The maximum Gasteiger partial charge on any atom is 0.125 e. The summed E-state index contributed by atoms with van der Waals surface area (Å²) < 4.78 is 12.2. The number of halogens is 1. The first-order valence-electron chi connectivity index (χ1n) is 6.75. The van der Waals surface area contributed by atoms with Gasteiger partial charge in [-0.1, -0.05) is 27.6 Å². The highest BCUT2D eigenvalue weighted by molar-refractivity contribution is 9.10. The molecule has 112 valence electrons. The second-order valence-electron chi connectivity index (χ2n) is 4.96. The second kappa shape index (κ2) is 6.96. The van der Waals surface area contributed by atoms with Crippen LogP contribution < -0.4 is 9.47 Å². The van der Waals surface area contributed by atoms with Crippen LogP contribution in [0.15, 0.2) is 40.9 Å².